The molecule has 0 aliphatic carbocycles. The third kappa shape index (κ3) is 3.04. The molecule has 14 heavy (non-hydrogen) atoms. The summed E-state index contributed by atoms with van der Waals surface area (Å²) >= 11 is 0. The van der Waals surface area contributed by atoms with E-state index in [1.54, 1.807) is 0 Å². The fourth-order valence-corrected chi connectivity index (χ4v) is 1.20. The number of aliphatic hydroxyl groups is 1. The van der Waals surface area contributed by atoms with Gasteiger partial charge in [0.2, 0.25) is 0 Å². The highest BCUT2D eigenvalue weighted by molar-refractivity contribution is 5.46. The molecule has 1 rings (SSSR count). The van der Waals surface area contributed by atoms with E-state index < -0.39 is 0 Å². The molecule has 0 bridgehead atoms. The Bertz CT molecular complexity index is 294. The van der Waals surface area contributed by atoms with Crippen molar-refractivity contribution in [2.75, 3.05) is 18.2 Å². The monoisotopic (exact) mass is 192 g/mol. The molecular weight excluding hydrogens is 178 g/mol. The van der Waals surface area contributed by atoms with Crippen molar-refractivity contribution in [2.45, 2.75) is 12.8 Å². The zero-order chi connectivity index (χ0) is 10.2. The van der Waals surface area contributed by atoms with Crippen LogP contribution in [0.5, 0.6) is 0 Å². The van der Waals surface area contributed by atoms with Crippen LogP contribution in [0.3, 0.4) is 0 Å². The summed E-state index contributed by atoms with van der Waals surface area (Å²) in [5, 5.41) is 22.1. The van der Waals surface area contributed by atoms with Gasteiger partial charge in [-0.1, -0.05) is 18.2 Å². The Kier molecular flexibility index (Phi) is 4.45. The third-order valence-electron chi connectivity index (χ3n) is 1.94. The second-order valence-electron chi connectivity index (χ2n) is 2.98. The summed E-state index contributed by atoms with van der Waals surface area (Å²) in [6, 6.07) is 9.43. The van der Waals surface area contributed by atoms with Crippen molar-refractivity contribution in [3.63, 3.8) is 0 Å². The van der Waals surface area contributed by atoms with Gasteiger partial charge in [0.25, 0.3) is 5.39 Å². The molecule has 1 aromatic rings. The van der Waals surface area contributed by atoms with Crippen LogP contribution in [0, 0.1) is 5.39 Å². The van der Waals surface area contributed by atoms with E-state index in [4.69, 9.17) is 10.5 Å². The van der Waals surface area contributed by atoms with Crippen LogP contribution < -0.4 is 5.01 Å². The molecule has 4 nitrogen and oxygen atoms in total. The molecule has 0 heterocycles. The van der Waals surface area contributed by atoms with Crippen LogP contribution in [0.1, 0.15) is 12.8 Å². The summed E-state index contributed by atoms with van der Waals surface area (Å²) in [6.45, 7) is 0.787. The lowest BCUT2D eigenvalue weighted by atomic mass is 10.3. The largest absolute Gasteiger partial charge is 0.396 e. The van der Waals surface area contributed by atoms with Gasteiger partial charge in [-0.2, -0.15) is 0 Å². The van der Waals surface area contributed by atoms with Gasteiger partial charge in [-0.3, -0.25) is 0 Å². The van der Waals surface area contributed by atoms with Gasteiger partial charge in [0, 0.05) is 6.61 Å². The number of hydrogen-bond acceptors (Lipinski definition) is 3. The topological polar surface area (TPSA) is 51.6 Å². The van der Waals surface area contributed by atoms with Crippen molar-refractivity contribution >= 4 is 5.69 Å². The minimum atomic E-state index is 0.175. The van der Waals surface area contributed by atoms with Crippen LogP contribution in [-0.2, 0) is 0 Å². The van der Waals surface area contributed by atoms with Gasteiger partial charge >= 0.3 is 5.08 Å². The summed E-state index contributed by atoms with van der Waals surface area (Å²) in [5.74, 6) is 0. The Balaban J connectivity index is 2.52. The second kappa shape index (κ2) is 5.95. The van der Waals surface area contributed by atoms with Crippen LogP contribution in [0.2, 0.25) is 0 Å². The number of rotatable bonds is 5. The first-order chi connectivity index (χ1) is 6.88. The predicted octanol–water partition coefficient (Wildman–Crippen LogP) is 2.03. The fraction of sp³-hybridized carbons (Fsp3) is 0.400. The molecule has 74 valence electrons. The lowest BCUT2D eigenvalue weighted by Gasteiger charge is -2.02. The summed E-state index contributed by atoms with van der Waals surface area (Å²) in [5.41, 5.74) is 0.855. The number of diazo groups is 1. The Morgan fingerprint density at radius 3 is 2.50 bits per heavy atom. The van der Waals surface area contributed by atoms with Crippen molar-refractivity contribution in [1.29, 1.82) is 5.39 Å². The maximum absolute atomic E-state index is 8.77. The normalized spacial score (nSPS) is 9.43. The number of nitrogens with zero attached hydrogens (tertiary/aromatic N) is 3. The predicted molar refractivity (Wildman–Crippen MR) is 55.2 cm³/mol. The number of hydrogen-bond donors (Lipinski definition) is 1. The lowest BCUT2D eigenvalue weighted by molar-refractivity contribution is 0.285. The van der Waals surface area contributed by atoms with E-state index in [-0.39, 0.29) is 6.61 Å². The average Bonchev–Trinajstić information content (AvgIpc) is 2.26. The van der Waals surface area contributed by atoms with Crippen molar-refractivity contribution in [2.24, 2.45) is 0 Å². The molecule has 1 aromatic carbocycles. The van der Waals surface area contributed by atoms with Crippen LogP contribution in [-0.4, -0.2) is 18.3 Å². The molecule has 4 heteroatoms. The molecule has 0 aliphatic heterocycles. The second-order valence-corrected chi connectivity index (χ2v) is 2.98. The molecule has 0 spiro atoms. The van der Waals surface area contributed by atoms with Gasteiger partial charge < -0.3 is 5.11 Å². The van der Waals surface area contributed by atoms with Gasteiger partial charge in [-0.15, -0.1) is 0 Å². The van der Waals surface area contributed by atoms with E-state index in [9.17, 15) is 0 Å². The van der Waals surface area contributed by atoms with Gasteiger partial charge in [-0.25, -0.2) is 0 Å². The molecule has 0 saturated carbocycles. The lowest BCUT2D eigenvalue weighted by Crippen LogP contribution is -2.15. The Labute approximate surface area is 83.4 Å². The first-order valence-electron chi connectivity index (χ1n) is 4.67. The van der Waals surface area contributed by atoms with Gasteiger partial charge in [0.1, 0.15) is 5.69 Å². The first-order valence-corrected chi connectivity index (χ1v) is 4.67. The number of aliphatic hydroxyl groups excluding tert-OH is 1. The minimum absolute atomic E-state index is 0.175. The van der Waals surface area contributed by atoms with Crippen LogP contribution >= 0.6 is 0 Å². The standard InChI is InChI=1S/C10H14N3O/c11-12-13(8-4-5-9-14)10-6-2-1-3-7-10/h1-3,6-7,14H,4-5,8-9H2/q+1. The molecule has 0 aliphatic rings. The van der Waals surface area contributed by atoms with Gasteiger partial charge in [0.05, 0.1) is 6.54 Å². The molecule has 0 saturated heterocycles. The van der Waals surface area contributed by atoms with Crippen molar-refractivity contribution in [3.05, 3.63) is 35.4 Å². The smallest absolute Gasteiger partial charge is 0.310 e. The average molecular weight is 192 g/mol. The first kappa shape index (κ1) is 10.5. The van der Waals surface area contributed by atoms with Crippen molar-refractivity contribution in [1.82, 2.24) is 0 Å². The molecule has 0 atom stereocenters. The van der Waals surface area contributed by atoms with Gasteiger partial charge in [0.15, 0.2) is 0 Å². The summed E-state index contributed by atoms with van der Waals surface area (Å²) in [7, 11) is 0. The van der Waals surface area contributed by atoms with Crippen LogP contribution in [0.4, 0.5) is 5.69 Å². The fourth-order valence-electron chi connectivity index (χ4n) is 1.20. The quantitative estimate of drug-likeness (QED) is 0.441. The molecular formula is C10H14N3O+. The molecule has 0 fully saturated rings. The summed E-state index contributed by atoms with van der Waals surface area (Å²) in [6.07, 6.45) is 1.52. The third-order valence-corrected chi connectivity index (χ3v) is 1.94. The molecule has 0 amide bonds. The van der Waals surface area contributed by atoms with E-state index in [0.29, 0.717) is 6.54 Å². The zero-order valence-corrected chi connectivity index (χ0v) is 8.00. The zero-order valence-electron chi connectivity index (χ0n) is 8.00. The van der Waals surface area contributed by atoms with Crippen LogP contribution in [0.25, 0.3) is 5.08 Å². The van der Waals surface area contributed by atoms with E-state index in [1.807, 2.05) is 30.3 Å². The maximum Gasteiger partial charge on any atom is 0.310 e. The number of para-hydroxylation sites is 1. The summed E-state index contributed by atoms with van der Waals surface area (Å²) < 4.78 is 0. The Morgan fingerprint density at radius 1 is 1.21 bits per heavy atom. The van der Waals surface area contributed by atoms with E-state index in [2.05, 4.69) is 5.08 Å². The van der Waals surface area contributed by atoms with Crippen molar-refractivity contribution < 1.29 is 5.11 Å². The minimum Gasteiger partial charge on any atom is -0.396 e. The van der Waals surface area contributed by atoms with Gasteiger partial charge in [-0.05, 0) is 30.0 Å². The SMILES string of the molecule is N#[N+]N(CCCCO)c1ccccc1. The molecule has 0 aromatic heterocycles. The highest BCUT2D eigenvalue weighted by atomic mass is 16.2. The van der Waals surface area contributed by atoms with E-state index >= 15 is 0 Å². The highest BCUT2D eigenvalue weighted by Crippen LogP contribution is 2.13. The molecule has 1 N–H and O–H groups in total. The van der Waals surface area contributed by atoms with Crippen LogP contribution in [0.15, 0.2) is 30.3 Å². The Hall–Kier alpha value is -1.60. The number of anilines is 1. The number of unbranched alkanes of at least 4 members (excludes halogenated alkanes) is 1. The number of benzene rings is 1. The molecule has 0 unspecified atom stereocenters. The Morgan fingerprint density at radius 2 is 1.93 bits per heavy atom. The highest BCUT2D eigenvalue weighted by Gasteiger charge is 2.14. The van der Waals surface area contributed by atoms with Crippen molar-refractivity contribution in [3.8, 4) is 0 Å². The van der Waals surface area contributed by atoms with E-state index in [1.165, 1.54) is 5.01 Å². The molecule has 0 radical (unpaired) electrons. The summed E-state index contributed by atoms with van der Waals surface area (Å²) in [4.78, 5) is 0. The van der Waals surface area contributed by atoms with E-state index in [0.717, 1.165) is 18.5 Å². The maximum atomic E-state index is 8.77.